The van der Waals surface area contributed by atoms with E-state index >= 15 is 0 Å². The molecule has 1 saturated carbocycles. The third-order valence-electron chi connectivity index (χ3n) is 7.14. The van der Waals surface area contributed by atoms with Crippen LogP contribution < -0.4 is 0 Å². The maximum absolute atomic E-state index is 11.8. The number of allylic oxidation sites excluding steroid dienone is 1. The molecular formula is C20H28O4. The van der Waals surface area contributed by atoms with E-state index in [0.717, 1.165) is 44.1 Å². The summed E-state index contributed by atoms with van der Waals surface area (Å²) in [5, 5.41) is 9.68. The minimum atomic E-state index is -0.753. The van der Waals surface area contributed by atoms with E-state index in [0.29, 0.717) is 24.0 Å². The highest BCUT2D eigenvalue weighted by atomic mass is 16.5. The first-order chi connectivity index (χ1) is 11.3. The fourth-order valence-electron chi connectivity index (χ4n) is 5.43. The van der Waals surface area contributed by atoms with Gasteiger partial charge in [0.1, 0.15) is 6.61 Å². The largest absolute Gasteiger partial charge is 0.478 e. The first kappa shape index (κ1) is 17.2. The normalized spacial score (nSPS) is 38.9. The Morgan fingerprint density at radius 3 is 2.75 bits per heavy atom. The predicted octanol–water partition coefficient (Wildman–Crippen LogP) is 4.11. The summed E-state index contributed by atoms with van der Waals surface area (Å²) in [5.74, 6) is -0.0483. The molecule has 4 atom stereocenters. The van der Waals surface area contributed by atoms with Gasteiger partial charge < -0.3 is 9.84 Å². The Hall–Kier alpha value is -1.58. The van der Waals surface area contributed by atoms with Crippen molar-refractivity contribution in [1.29, 1.82) is 0 Å². The number of fused-ring (bicyclic) bond motifs is 1. The SMILES string of the molecule is C[C@@H]1CC[C@@]2(C)C(C(=O)O)=CCC[C@@H]2[C@@]1(C)CCC1=CC(=O)OC1. The Morgan fingerprint density at radius 2 is 2.12 bits per heavy atom. The average Bonchev–Trinajstić information content (AvgIpc) is 2.94. The summed E-state index contributed by atoms with van der Waals surface area (Å²) >= 11 is 0. The van der Waals surface area contributed by atoms with E-state index in [1.807, 2.05) is 6.08 Å². The van der Waals surface area contributed by atoms with Gasteiger partial charge in [-0.05, 0) is 61.3 Å². The zero-order valence-corrected chi connectivity index (χ0v) is 14.9. The second-order valence-electron chi connectivity index (χ2n) is 8.33. The molecule has 4 nitrogen and oxygen atoms in total. The summed E-state index contributed by atoms with van der Waals surface area (Å²) < 4.78 is 5.02. The van der Waals surface area contributed by atoms with Crippen LogP contribution in [0.15, 0.2) is 23.3 Å². The molecular weight excluding hydrogens is 304 g/mol. The first-order valence-corrected chi connectivity index (χ1v) is 9.07. The standard InChI is InChI=1S/C20H28O4/c1-13-7-9-20(3)15(18(22)23)5-4-6-16(20)19(13,2)10-8-14-11-17(21)24-12-14/h5,11,13,16H,4,6-10,12H2,1-3H3,(H,22,23)/t13-,16-,19+,20+/m1/s1. The molecule has 0 aromatic rings. The summed E-state index contributed by atoms with van der Waals surface area (Å²) in [6.45, 7) is 7.22. The molecule has 1 heterocycles. The van der Waals surface area contributed by atoms with Gasteiger partial charge in [0.05, 0.1) is 0 Å². The second-order valence-corrected chi connectivity index (χ2v) is 8.33. The lowest BCUT2D eigenvalue weighted by Crippen LogP contribution is -2.51. The van der Waals surface area contributed by atoms with E-state index in [4.69, 9.17) is 4.74 Å². The van der Waals surface area contributed by atoms with Crippen molar-refractivity contribution in [2.24, 2.45) is 22.7 Å². The number of carboxylic acid groups (broad SMARTS) is 1. The summed E-state index contributed by atoms with van der Waals surface area (Å²) in [6.07, 6.45) is 9.35. The van der Waals surface area contributed by atoms with Gasteiger partial charge in [-0.3, -0.25) is 0 Å². The Morgan fingerprint density at radius 1 is 1.38 bits per heavy atom. The van der Waals surface area contributed by atoms with Crippen molar-refractivity contribution in [3.63, 3.8) is 0 Å². The maximum atomic E-state index is 11.8. The van der Waals surface area contributed by atoms with Gasteiger partial charge in [-0.2, -0.15) is 0 Å². The number of hydrogen-bond donors (Lipinski definition) is 1. The number of cyclic esters (lactones) is 1. The lowest BCUT2D eigenvalue weighted by Gasteiger charge is -2.57. The Kier molecular flexibility index (Phi) is 4.35. The van der Waals surface area contributed by atoms with Crippen LogP contribution in [0.25, 0.3) is 0 Å². The number of carboxylic acids is 1. The molecule has 0 saturated heterocycles. The predicted molar refractivity (Wildman–Crippen MR) is 91.3 cm³/mol. The van der Waals surface area contributed by atoms with Crippen LogP contribution in [0, 0.1) is 22.7 Å². The van der Waals surface area contributed by atoms with E-state index in [-0.39, 0.29) is 16.8 Å². The summed E-state index contributed by atoms with van der Waals surface area (Å²) in [5.41, 5.74) is 1.55. The van der Waals surface area contributed by atoms with Gasteiger partial charge >= 0.3 is 11.9 Å². The van der Waals surface area contributed by atoms with Crippen molar-refractivity contribution in [3.05, 3.63) is 23.3 Å². The molecule has 2 aliphatic carbocycles. The highest BCUT2D eigenvalue weighted by molar-refractivity contribution is 5.88. The van der Waals surface area contributed by atoms with Gasteiger partial charge in [-0.25, -0.2) is 9.59 Å². The fourth-order valence-corrected chi connectivity index (χ4v) is 5.43. The average molecular weight is 332 g/mol. The van der Waals surface area contributed by atoms with Crippen LogP contribution in [-0.4, -0.2) is 23.7 Å². The smallest absolute Gasteiger partial charge is 0.331 e. The highest BCUT2D eigenvalue weighted by Gasteiger charge is 2.55. The van der Waals surface area contributed by atoms with Gasteiger partial charge in [-0.15, -0.1) is 0 Å². The van der Waals surface area contributed by atoms with E-state index in [1.165, 1.54) is 0 Å². The summed E-state index contributed by atoms with van der Waals surface area (Å²) in [7, 11) is 0. The van der Waals surface area contributed by atoms with Crippen molar-refractivity contribution >= 4 is 11.9 Å². The van der Waals surface area contributed by atoms with Crippen molar-refractivity contribution in [1.82, 2.24) is 0 Å². The number of carbonyl (C=O) groups is 2. The molecule has 1 fully saturated rings. The minimum absolute atomic E-state index is 0.0917. The van der Waals surface area contributed by atoms with Gasteiger partial charge in [0, 0.05) is 17.1 Å². The summed E-state index contributed by atoms with van der Waals surface area (Å²) in [4.78, 5) is 23.1. The van der Waals surface area contributed by atoms with Crippen molar-refractivity contribution in [2.75, 3.05) is 6.61 Å². The van der Waals surface area contributed by atoms with Gasteiger partial charge in [-0.1, -0.05) is 26.8 Å². The molecule has 0 aromatic heterocycles. The molecule has 1 aliphatic heterocycles. The fraction of sp³-hybridized carbons (Fsp3) is 0.700. The van der Waals surface area contributed by atoms with E-state index in [2.05, 4.69) is 20.8 Å². The zero-order valence-electron chi connectivity index (χ0n) is 14.9. The maximum Gasteiger partial charge on any atom is 0.331 e. The minimum Gasteiger partial charge on any atom is -0.478 e. The van der Waals surface area contributed by atoms with Gasteiger partial charge in [0.15, 0.2) is 0 Å². The number of hydrogen-bond acceptors (Lipinski definition) is 3. The molecule has 0 unspecified atom stereocenters. The topological polar surface area (TPSA) is 63.6 Å². The molecule has 0 spiro atoms. The number of esters is 1. The Balaban J connectivity index is 1.85. The molecule has 0 aromatic carbocycles. The third kappa shape index (κ3) is 2.70. The van der Waals surface area contributed by atoms with Crippen LogP contribution in [0.4, 0.5) is 0 Å². The number of rotatable bonds is 4. The van der Waals surface area contributed by atoms with Gasteiger partial charge in [0.2, 0.25) is 0 Å². The monoisotopic (exact) mass is 332 g/mol. The quantitative estimate of drug-likeness (QED) is 0.787. The second kappa shape index (κ2) is 6.05. The molecule has 132 valence electrons. The van der Waals surface area contributed by atoms with Crippen LogP contribution in [-0.2, 0) is 14.3 Å². The number of aliphatic carboxylic acids is 1. The third-order valence-corrected chi connectivity index (χ3v) is 7.14. The Bertz CT molecular complexity index is 617. The van der Waals surface area contributed by atoms with Crippen LogP contribution in [0.1, 0.15) is 59.3 Å². The van der Waals surface area contributed by atoms with E-state index in [9.17, 15) is 14.7 Å². The van der Waals surface area contributed by atoms with Crippen LogP contribution >= 0.6 is 0 Å². The summed E-state index contributed by atoms with van der Waals surface area (Å²) in [6, 6.07) is 0. The van der Waals surface area contributed by atoms with Gasteiger partial charge in [0.25, 0.3) is 0 Å². The van der Waals surface area contributed by atoms with Crippen molar-refractivity contribution in [2.45, 2.75) is 59.3 Å². The first-order valence-electron chi connectivity index (χ1n) is 9.07. The lowest BCUT2D eigenvalue weighted by atomic mass is 9.46. The van der Waals surface area contributed by atoms with E-state index in [1.54, 1.807) is 6.08 Å². The lowest BCUT2D eigenvalue weighted by molar-refractivity contribution is -0.137. The van der Waals surface area contributed by atoms with Crippen molar-refractivity contribution < 1.29 is 19.4 Å². The number of carbonyl (C=O) groups excluding carboxylic acids is 1. The molecule has 0 radical (unpaired) electrons. The molecule has 1 N–H and O–H groups in total. The molecule has 0 bridgehead atoms. The molecule has 4 heteroatoms. The zero-order chi connectivity index (χ0) is 17.5. The highest BCUT2D eigenvalue weighted by Crippen LogP contribution is 2.62. The van der Waals surface area contributed by atoms with E-state index < -0.39 is 5.97 Å². The van der Waals surface area contributed by atoms with Crippen LogP contribution in [0.5, 0.6) is 0 Å². The Labute approximate surface area is 144 Å². The van der Waals surface area contributed by atoms with Crippen LogP contribution in [0.2, 0.25) is 0 Å². The number of ether oxygens (including phenoxy) is 1. The molecule has 3 rings (SSSR count). The van der Waals surface area contributed by atoms with Crippen LogP contribution in [0.3, 0.4) is 0 Å². The molecule has 0 amide bonds. The molecule has 3 aliphatic rings. The molecule has 24 heavy (non-hydrogen) atoms. The van der Waals surface area contributed by atoms with Crippen molar-refractivity contribution in [3.8, 4) is 0 Å².